The van der Waals surface area contributed by atoms with E-state index in [1.54, 1.807) is 16.2 Å². The lowest BCUT2D eigenvalue weighted by Gasteiger charge is -2.34. The van der Waals surface area contributed by atoms with Crippen LogP contribution in [0.2, 0.25) is 5.02 Å². The molecule has 1 atom stereocenters. The summed E-state index contributed by atoms with van der Waals surface area (Å²) in [6.45, 7) is 2.57. The Balaban J connectivity index is 1.98. The van der Waals surface area contributed by atoms with Gasteiger partial charge in [-0.15, -0.1) is 11.3 Å². The van der Waals surface area contributed by atoms with Gasteiger partial charge < -0.3 is 4.90 Å². The Hall–Kier alpha value is -1.41. The molecule has 8 heteroatoms. The van der Waals surface area contributed by atoms with Crippen LogP contribution in [0.15, 0.2) is 34.5 Å². The standard InChI is InChI=1S/C17H19ClN2O3S2/c1-11-13-7-9-24-16(13)6-8-20(11)17(21)14-10-12(4-5-15(14)18)25(22,23)19(2)3/h4-5,7,9-11H,6,8H2,1-3H3. The number of hydrogen-bond acceptors (Lipinski definition) is 4. The summed E-state index contributed by atoms with van der Waals surface area (Å²) in [5.74, 6) is -0.245. The smallest absolute Gasteiger partial charge is 0.255 e. The van der Waals surface area contributed by atoms with E-state index in [0.29, 0.717) is 6.54 Å². The van der Waals surface area contributed by atoms with Gasteiger partial charge in [0.1, 0.15) is 0 Å². The van der Waals surface area contributed by atoms with Crippen LogP contribution in [0.25, 0.3) is 0 Å². The topological polar surface area (TPSA) is 57.7 Å². The van der Waals surface area contributed by atoms with Gasteiger partial charge in [0.15, 0.2) is 0 Å². The zero-order valence-electron chi connectivity index (χ0n) is 14.2. The van der Waals surface area contributed by atoms with Crippen molar-refractivity contribution in [2.75, 3.05) is 20.6 Å². The Kier molecular flexibility index (Phi) is 4.94. The molecule has 0 saturated carbocycles. The summed E-state index contributed by atoms with van der Waals surface area (Å²) in [5.41, 5.74) is 1.37. The molecular weight excluding hydrogens is 380 g/mol. The van der Waals surface area contributed by atoms with E-state index in [2.05, 4.69) is 0 Å². The number of sulfonamides is 1. The second-order valence-electron chi connectivity index (χ2n) is 6.15. The minimum atomic E-state index is -3.63. The number of nitrogens with zero attached hydrogens (tertiary/aromatic N) is 2. The molecule has 2 heterocycles. The van der Waals surface area contributed by atoms with Crippen molar-refractivity contribution in [3.63, 3.8) is 0 Å². The van der Waals surface area contributed by atoms with Crippen LogP contribution in [0.5, 0.6) is 0 Å². The molecule has 1 aromatic carbocycles. The molecule has 0 N–H and O–H groups in total. The van der Waals surface area contributed by atoms with Gasteiger partial charge >= 0.3 is 0 Å². The molecule has 1 aliphatic rings. The molecule has 1 aromatic heterocycles. The quantitative estimate of drug-likeness (QED) is 0.796. The van der Waals surface area contributed by atoms with Crippen molar-refractivity contribution < 1.29 is 13.2 Å². The van der Waals surface area contributed by atoms with E-state index in [9.17, 15) is 13.2 Å². The molecule has 0 saturated heterocycles. The minimum absolute atomic E-state index is 0.0612. The predicted octanol–water partition coefficient (Wildman–Crippen LogP) is 3.41. The molecule has 5 nitrogen and oxygen atoms in total. The molecule has 0 radical (unpaired) electrons. The number of hydrogen-bond donors (Lipinski definition) is 0. The first-order valence-corrected chi connectivity index (χ1v) is 10.5. The molecule has 3 rings (SSSR count). The fourth-order valence-corrected chi connectivity index (χ4v) is 5.07. The number of halogens is 1. The molecule has 0 fully saturated rings. The van der Waals surface area contributed by atoms with Crippen LogP contribution in [0, 0.1) is 0 Å². The maximum Gasteiger partial charge on any atom is 0.255 e. The number of carbonyl (C=O) groups is 1. The third-order valence-corrected chi connectivity index (χ3v) is 7.62. The Morgan fingerprint density at radius 2 is 2.04 bits per heavy atom. The molecule has 0 bridgehead atoms. The van der Waals surface area contributed by atoms with Gasteiger partial charge in [-0.3, -0.25) is 4.79 Å². The first-order chi connectivity index (χ1) is 11.7. The van der Waals surface area contributed by atoms with Gasteiger partial charge in [0.2, 0.25) is 10.0 Å². The summed E-state index contributed by atoms with van der Waals surface area (Å²) in [6, 6.07) is 6.24. The molecule has 2 aromatic rings. The summed E-state index contributed by atoms with van der Waals surface area (Å²) >= 11 is 7.91. The normalized spacial score (nSPS) is 17.6. The lowest BCUT2D eigenvalue weighted by Crippen LogP contribution is -2.38. The van der Waals surface area contributed by atoms with Crippen molar-refractivity contribution >= 4 is 38.9 Å². The third-order valence-electron chi connectivity index (χ3n) is 4.48. The molecule has 1 aliphatic heterocycles. The molecule has 1 unspecified atom stereocenters. The number of benzene rings is 1. The van der Waals surface area contributed by atoms with Gasteiger partial charge in [0.05, 0.1) is 21.5 Å². The first-order valence-electron chi connectivity index (χ1n) is 7.83. The van der Waals surface area contributed by atoms with Gasteiger partial charge in [-0.25, -0.2) is 12.7 Å². The second-order valence-corrected chi connectivity index (χ2v) is 9.71. The van der Waals surface area contributed by atoms with Crippen molar-refractivity contribution in [3.8, 4) is 0 Å². The molecule has 0 aliphatic carbocycles. The Bertz CT molecular complexity index is 922. The van der Waals surface area contributed by atoms with E-state index in [-0.39, 0.29) is 27.4 Å². The monoisotopic (exact) mass is 398 g/mol. The fourth-order valence-electron chi connectivity index (χ4n) is 2.98. The molecule has 134 valence electrons. The number of rotatable bonds is 3. The van der Waals surface area contributed by atoms with Crippen LogP contribution >= 0.6 is 22.9 Å². The molecule has 1 amide bonds. The number of carbonyl (C=O) groups excluding carboxylic acids is 1. The van der Waals surface area contributed by atoms with Crippen molar-refractivity contribution in [1.29, 1.82) is 0 Å². The van der Waals surface area contributed by atoms with E-state index >= 15 is 0 Å². The average molecular weight is 399 g/mol. The zero-order chi connectivity index (χ0) is 18.4. The SMILES string of the molecule is CC1c2ccsc2CCN1C(=O)c1cc(S(=O)(=O)N(C)C)ccc1Cl. The maximum absolute atomic E-state index is 13.0. The predicted molar refractivity (Wildman–Crippen MR) is 99.8 cm³/mol. The van der Waals surface area contributed by atoms with Gasteiger partial charge in [0, 0.05) is 25.5 Å². The summed E-state index contributed by atoms with van der Waals surface area (Å²) in [4.78, 5) is 16.2. The summed E-state index contributed by atoms with van der Waals surface area (Å²) in [7, 11) is -0.719. The van der Waals surface area contributed by atoms with Gasteiger partial charge in [-0.2, -0.15) is 0 Å². The minimum Gasteiger partial charge on any atom is -0.331 e. The Morgan fingerprint density at radius 3 is 2.72 bits per heavy atom. The lowest BCUT2D eigenvalue weighted by atomic mass is 10.0. The van der Waals surface area contributed by atoms with E-state index in [1.165, 1.54) is 37.2 Å². The van der Waals surface area contributed by atoms with E-state index in [1.807, 2.05) is 18.4 Å². The summed E-state index contributed by atoms with van der Waals surface area (Å²) in [5, 5.41) is 2.29. The van der Waals surface area contributed by atoms with Gasteiger partial charge in [-0.05, 0) is 48.6 Å². The van der Waals surface area contributed by atoms with E-state index in [4.69, 9.17) is 11.6 Å². The Labute approximate surface area is 156 Å². The summed E-state index contributed by atoms with van der Waals surface area (Å²) < 4.78 is 25.8. The number of amides is 1. The largest absolute Gasteiger partial charge is 0.331 e. The van der Waals surface area contributed by atoms with Crippen LogP contribution in [0.3, 0.4) is 0 Å². The fraction of sp³-hybridized carbons (Fsp3) is 0.353. The van der Waals surface area contributed by atoms with Crippen molar-refractivity contribution in [2.24, 2.45) is 0 Å². The highest BCUT2D eigenvalue weighted by molar-refractivity contribution is 7.89. The van der Waals surface area contributed by atoms with Crippen LogP contribution in [-0.2, 0) is 16.4 Å². The van der Waals surface area contributed by atoms with Gasteiger partial charge in [-0.1, -0.05) is 11.6 Å². The summed E-state index contributed by atoms with van der Waals surface area (Å²) in [6.07, 6.45) is 0.802. The van der Waals surface area contributed by atoms with Crippen LogP contribution < -0.4 is 0 Å². The molecular formula is C17H19ClN2O3S2. The van der Waals surface area contributed by atoms with Crippen LogP contribution in [0.4, 0.5) is 0 Å². The first kappa shape index (κ1) is 18.4. The third kappa shape index (κ3) is 3.21. The van der Waals surface area contributed by atoms with Crippen LogP contribution in [-0.4, -0.2) is 44.2 Å². The van der Waals surface area contributed by atoms with Crippen molar-refractivity contribution in [1.82, 2.24) is 9.21 Å². The number of thiophene rings is 1. The Morgan fingerprint density at radius 1 is 1.32 bits per heavy atom. The highest BCUT2D eigenvalue weighted by atomic mass is 35.5. The highest BCUT2D eigenvalue weighted by Gasteiger charge is 2.31. The van der Waals surface area contributed by atoms with Crippen molar-refractivity contribution in [2.45, 2.75) is 24.3 Å². The lowest BCUT2D eigenvalue weighted by molar-refractivity contribution is 0.0679. The second kappa shape index (κ2) is 6.72. The average Bonchev–Trinajstić information content (AvgIpc) is 3.04. The maximum atomic E-state index is 13.0. The number of fused-ring (bicyclic) bond motifs is 1. The molecule has 25 heavy (non-hydrogen) atoms. The van der Waals surface area contributed by atoms with Crippen molar-refractivity contribution in [3.05, 3.63) is 50.7 Å². The molecule has 0 spiro atoms. The van der Waals surface area contributed by atoms with Gasteiger partial charge in [0.25, 0.3) is 5.91 Å². The van der Waals surface area contributed by atoms with Crippen LogP contribution in [0.1, 0.15) is 33.8 Å². The highest BCUT2D eigenvalue weighted by Crippen LogP contribution is 2.34. The van der Waals surface area contributed by atoms with E-state index in [0.717, 1.165) is 16.3 Å². The van der Waals surface area contributed by atoms with E-state index < -0.39 is 10.0 Å². The zero-order valence-corrected chi connectivity index (χ0v) is 16.6.